The Morgan fingerprint density at radius 3 is 2.52 bits per heavy atom. The molecule has 1 atom stereocenters. The van der Waals surface area contributed by atoms with Crippen LogP contribution in [0.4, 0.5) is 0 Å². The van der Waals surface area contributed by atoms with Crippen molar-refractivity contribution in [2.45, 2.75) is 6.04 Å². The van der Waals surface area contributed by atoms with Gasteiger partial charge in [-0.25, -0.2) is 0 Å². The van der Waals surface area contributed by atoms with Crippen LogP contribution in [-0.4, -0.2) is 36.9 Å². The fraction of sp³-hybridized carbons (Fsp3) is 0.222. The number of nitrogens with one attached hydrogen (secondary N) is 1. The number of amides is 2. The largest absolute Gasteiger partial charge is 0.494 e. The smallest absolute Gasteiger partial charge is 0.260 e. The zero-order chi connectivity index (χ0) is 18.0. The van der Waals surface area contributed by atoms with Crippen LogP contribution in [-0.2, 0) is 4.79 Å². The van der Waals surface area contributed by atoms with Crippen molar-refractivity contribution in [3.8, 4) is 5.75 Å². The summed E-state index contributed by atoms with van der Waals surface area (Å²) >= 11 is 12.4. The van der Waals surface area contributed by atoms with Crippen molar-refractivity contribution in [1.29, 1.82) is 0 Å². The highest BCUT2D eigenvalue weighted by atomic mass is 35.5. The summed E-state index contributed by atoms with van der Waals surface area (Å²) in [5.41, 5.74) is 0.887. The Hall–Kier alpha value is -2.24. The molecule has 5 nitrogen and oxygen atoms in total. The Kier molecular flexibility index (Phi) is 5.16. The second-order valence-electron chi connectivity index (χ2n) is 5.54. The molecule has 1 aliphatic rings. The van der Waals surface area contributed by atoms with Gasteiger partial charge in [0.05, 0.1) is 17.2 Å². The predicted molar refractivity (Wildman–Crippen MR) is 96.2 cm³/mol. The van der Waals surface area contributed by atoms with Gasteiger partial charge in [-0.1, -0.05) is 53.5 Å². The van der Waals surface area contributed by atoms with Crippen molar-refractivity contribution in [2.75, 3.05) is 20.2 Å². The summed E-state index contributed by atoms with van der Waals surface area (Å²) in [7, 11) is 1.42. The Morgan fingerprint density at radius 1 is 1.16 bits per heavy atom. The molecule has 7 heteroatoms. The van der Waals surface area contributed by atoms with Gasteiger partial charge in [0.25, 0.3) is 5.91 Å². The lowest BCUT2D eigenvalue weighted by Crippen LogP contribution is -2.52. The molecule has 1 saturated heterocycles. The van der Waals surface area contributed by atoms with E-state index in [9.17, 15) is 9.59 Å². The zero-order valence-electron chi connectivity index (χ0n) is 13.5. The first kappa shape index (κ1) is 17.6. The van der Waals surface area contributed by atoms with Gasteiger partial charge in [-0.15, -0.1) is 0 Å². The van der Waals surface area contributed by atoms with Crippen LogP contribution in [0.5, 0.6) is 5.75 Å². The summed E-state index contributed by atoms with van der Waals surface area (Å²) in [6.07, 6.45) is 0. The molecule has 3 rings (SSSR count). The lowest BCUT2D eigenvalue weighted by atomic mass is 10.0. The van der Waals surface area contributed by atoms with E-state index in [1.165, 1.54) is 12.0 Å². The molecule has 0 spiro atoms. The fourth-order valence-electron chi connectivity index (χ4n) is 2.93. The van der Waals surface area contributed by atoms with Crippen molar-refractivity contribution in [3.05, 3.63) is 63.6 Å². The minimum Gasteiger partial charge on any atom is -0.494 e. The van der Waals surface area contributed by atoms with E-state index < -0.39 is 11.9 Å². The topological polar surface area (TPSA) is 58.6 Å². The minimum absolute atomic E-state index is 0.160. The second-order valence-corrected chi connectivity index (χ2v) is 6.35. The highest BCUT2D eigenvalue weighted by Crippen LogP contribution is 2.36. The molecule has 0 radical (unpaired) electrons. The Morgan fingerprint density at radius 2 is 1.84 bits per heavy atom. The van der Waals surface area contributed by atoms with Gasteiger partial charge < -0.3 is 15.0 Å². The third-order valence-electron chi connectivity index (χ3n) is 4.06. The van der Waals surface area contributed by atoms with E-state index in [1.54, 1.807) is 12.1 Å². The molecule has 1 N–H and O–H groups in total. The standard InChI is InChI=1S/C18H16Cl2N2O3/c1-25-16-13(20)8-7-12(19)14(16)18(24)22-10-9-21-17(23)15(22)11-5-3-2-4-6-11/h2-8,15H,9-10H2,1H3,(H,21,23). The van der Waals surface area contributed by atoms with Gasteiger partial charge in [0.15, 0.2) is 5.75 Å². The molecule has 1 fully saturated rings. The van der Waals surface area contributed by atoms with Crippen LogP contribution in [0, 0.1) is 0 Å². The van der Waals surface area contributed by atoms with Gasteiger partial charge in [0.2, 0.25) is 5.91 Å². The van der Waals surface area contributed by atoms with Crippen LogP contribution in [0.2, 0.25) is 10.0 Å². The monoisotopic (exact) mass is 378 g/mol. The zero-order valence-corrected chi connectivity index (χ0v) is 15.0. The summed E-state index contributed by atoms with van der Waals surface area (Å²) in [6.45, 7) is 0.727. The van der Waals surface area contributed by atoms with E-state index in [2.05, 4.69) is 5.32 Å². The molecule has 1 unspecified atom stereocenters. The van der Waals surface area contributed by atoms with Crippen LogP contribution in [0.15, 0.2) is 42.5 Å². The summed E-state index contributed by atoms with van der Waals surface area (Å²) in [4.78, 5) is 27.2. The summed E-state index contributed by atoms with van der Waals surface area (Å²) < 4.78 is 5.27. The highest BCUT2D eigenvalue weighted by Gasteiger charge is 2.36. The number of piperazine rings is 1. The van der Waals surface area contributed by atoms with Gasteiger partial charge in [-0.05, 0) is 17.7 Å². The number of carbonyl (C=O) groups is 2. The van der Waals surface area contributed by atoms with Crippen LogP contribution >= 0.6 is 23.2 Å². The fourth-order valence-corrected chi connectivity index (χ4v) is 3.39. The number of methoxy groups -OCH3 is 1. The summed E-state index contributed by atoms with van der Waals surface area (Å²) in [5, 5.41) is 3.31. The predicted octanol–water partition coefficient (Wildman–Crippen LogP) is 3.32. The lowest BCUT2D eigenvalue weighted by molar-refractivity contribution is -0.128. The minimum atomic E-state index is -0.734. The van der Waals surface area contributed by atoms with Crippen LogP contribution in [0.25, 0.3) is 0 Å². The van der Waals surface area contributed by atoms with Gasteiger partial charge in [0.1, 0.15) is 11.6 Å². The third-order valence-corrected chi connectivity index (χ3v) is 4.68. The van der Waals surface area contributed by atoms with E-state index in [0.717, 1.165) is 5.56 Å². The van der Waals surface area contributed by atoms with Crippen molar-refractivity contribution in [1.82, 2.24) is 10.2 Å². The maximum atomic E-state index is 13.2. The number of benzene rings is 2. The maximum Gasteiger partial charge on any atom is 0.260 e. The van der Waals surface area contributed by atoms with Crippen molar-refractivity contribution in [2.24, 2.45) is 0 Å². The van der Waals surface area contributed by atoms with Crippen LogP contribution in [0.3, 0.4) is 0 Å². The molecule has 2 aromatic carbocycles. The third kappa shape index (κ3) is 3.30. The molecule has 2 aromatic rings. The van der Waals surface area contributed by atoms with E-state index >= 15 is 0 Å². The molecule has 0 aliphatic carbocycles. The Labute approximate surface area is 155 Å². The Bertz CT molecular complexity index is 811. The molecule has 130 valence electrons. The maximum absolute atomic E-state index is 13.2. The van der Waals surface area contributed by atoms with E-state index in [4.69, 9.17) is 27.9 Å². The number of rotatable bonds is 3. The van der Waals surface area contributed by atoms with Gasteiger partial charge >= 0.3 is 0 Å². The van der Waals surface area contributed by atoms with Crippen molar-refractivity contribution < 1.29 is 14.3 Å². The first-order valence-corrected chi connectivity index (χ1v) is 8.45. The molecular formula is C18H16Cl2N2O3. The van der Waals surface area contributed by atoms with Crippen molar-refractivity contribution >= 4 is 35.0 Å². The molecule has 25 heavy (non-hydrogen) atoms. The van der Waals surface area contributed by atoms with E-state index in [1.807, 2.05) is 30.3 Å². The number of halogens is 2. The molecule has 1 aliphatic heterocycles. The molecular weight excluding hydrogens is 363 g/mol. The molecule has 1 heterocycles. The number of ether oxygens (including phenoxy) is 1. The van der Waals surface area contributed by atoms with Crippen LogP contribution < -0.4 is 10.1 Å². The van der Waals surface area contributed by atoms with Gasteiger partial charge in [-0.2, -0.15) is 0 Å². The molecule has 0 aromatic heterocycles. The van der Waals surface area contributed by atoms with Crippen LogP contribution in [0.1, 0.15) is 22.0 Å². The summed E-state index contributed by atoms with van der Waals surface area (Å²) in [6, 6.07) is 11.5. The SMILES string of the molecule is COc1c(Cl)ccc(Cl)c1C(=O)N1CCNC(=O)C1c1ccccc1. The average Bonchev–Trinajstić information content (AvgIpc) is 2.63. The quantitative estimate of drug-likeness (QED) is 0.890. The molecule has 0 saturated carbocycles. The molecule has 0 bridgehead atoms. The first-order chi connectivity index (χ1) is 12.0. The van der Waals surface area contributed by atoms with Gasteiger partial charge in [0, 0.05) is 13.1 Å². The lowest BCUT2D eigenvalue weighted by Gasteiger charge is -2.35. The first-order valence-electron chi connectivity index (χ1n) is 7.70. The van der Waals surface area contributed by atoms with Crippen molar-refractivity contribution in [3.63, 3.8) is 0 Å². The van der Waals surface area contributed by atoms with Gasteiger partial charge in [-0.3, -0.25) is 9.59 Å². The number of carbonyl (C=O) groups excluding carboxylic acids is 2. The number of nitrogens with zero attached hydrogens (tertiary/aromatic N) is 1. The second kappa shape index (κ2) is 7.33. The Balaban J connectivity index is 2.06. The average molecular weight is 379 g/mol. The molecule has 2 amide bonds. The highest BCUT2D eigenvalue weighted by molar-refractivity contribution is 6.37. The van der Waals surface area contributed by atoms with E-state index in [-0.39, 0.29) is 27.3 Å². The number of hydrogen-bond donors (Lipinski definition) is 1. The summed E-state index contributed by atoms with van der Waals surface area (Å²) in [5.74, 6) is -0.423. The van der Waals surface area contributed by atoms with E-state index in [0.29, 0.717) is 13.1 Å². The number of hydrogen-bond acceptors (Lipinski definition) is 3. The normalized spacial score (nSPS) is 17.2.